The Hall–Kier alpha value is -1.06. The van der Waals surface area contributed by atoms with Gasteiger partial charge in [0, 0.05) is 19.1 Å². The summed E-state index contributed by atoms with van der Waals surface area (Å²) in [6, 6.07) is 8.83. The molecule has 1 aromatic carbocycles. The largest absolute Gasteiger partial charge is 0.342 e. The molecule has 1 aliphatic carbocycles. The normalized spacial score (nSPS) is 22.0. The van der Waals surface area contributed by atoms with E-state index in [1.807, 2.05) is 0 Å². The summed E-state index contributed by atoms with van der Waals surface area (Å²) in [6.07, 6.45) is 6.43. The summed E-state index contributed by atoms with van der Waals surface area (Å²) in [5.74, 6) is 0.932. The van der Waals surface area contributed by atoms with Gasteiger partial charge in [-0.05, 0) is 51.0 Å². The van der Waals surface area contributed by atoms with Crippen molar-refractivity contribution in [3.8, 4) is 0 Å². The first-order valence-electron chi connectivity index (χ1n) is 9.15. The van der Waals surface area contributed by atoms with E-state index in [1.54, 1.807) is 0 Å². The minimum Gasteiger partial charge on any atom is -0.342 e. The molecule has 0 bridgehead atoms. The monoisotopic (exact) mass is 350 g/mol. The predicted octanol–water partition coefficient (Wildman–Crippen LogP) is 3.81. The van der Waals surface area contributed by atoms with Crippen molar-refractivity contribution in [2.24, 2.45) is 11.7 Å². The van der Waals surface area contributed by atoms with Crippen molar-refractivity contribution in [3.63, 3.8) is 0 Å². The Kier molecular flexibility index (Phi) is 6.33. The molecule has 0 spiro atoms. The highest BCUT2D eigenvalue weighted by molar-refractivity contribution is 5.88. The number of rotatable bonds is 3. The van der Waals surface area contributed by atoms with Crippen molar-refractivity contribution >= 4 is 18.3 Å². The fraction of sp³-hybridized carbons (Fsp3) is 0.650. The molecule has 1 saturated heterocycles. The van der Waals surface area contributed by atoms with Crippen LogP contribution in [0.1, 0.15) is 56.6 Å². The molecule has 134 valence electrons. The van der Waals surface area contributed by atoms with Gasteiger partial charge in [-0.25, -0.2) is 0 Å². The number of likely N-dealkylation sites (tertiary alicyclic amines) is 1. The van der Waals surface area contributed by atoms with Crippen molar-refractivity contribution in [2.75, 3.05) is 13.1 Å². The molecular formula is C20H31ClN2O. The number of nitrogens with two attached hydrogens (primary N) is 1. The topological polar surface area (TPSA) is 46.3 Å². The van der Waals surface area contributed by atoms with Gasteiger partial charge >= 0.3 is 0 Å². The highest BCUT2D eigenvalue weighted by atomic mass is 35.5. The molecule has 1 aromatic rings. The van der Waals surface area contributed by atoms with Crippen LogP contribution < -0.4 is 5.73 Å². The van der Waals surface area contributed by atoms with Gasteiger partial charge < -0.3 is 10.6 Å². The summed E-state index contributed by atoms with van der Waals surface area (Å²) in [4.78, 5) is 15.5. The molecule has 0 radical (unpaired) electrons. The Bertz CT molecular complexity index is 559. The summed E-state index contributed by atoms with van der Waals surface area (Å²) in [5.41, 5.74) is 8.25. The average Bonchev–Trinajstić information content (AvgIpc) is 3.05. The number of benzene rings is 1. The highest BCUT2D eigenvalue weighted by Gasteiger charge is 2.45. The summed E-state index contributed by atoms with van der Waals surface area (Å²) in [6.45, 7) is 5.95. The summed E-state index contributed by atoms with van der Waals surface area (Å²) in [7, 11) is 0. The van der Waals surface area contributed by atoms with Crippen molar-refractivity contribution in [3.05, 3.63) is 35.4 Å². The fourth-order valence-electron chi connectivity index (χ4n) is 4.48. The Morgan fingerprint density at radius 1 is 1.25 bits per heavy atom. The maximum Gasteiger partial charge on any atom is 0.233 e. The maximum atomic E-state index is 13.4. The lowest BCUT2D eigenvalue weighted by Gasteiger charge is -2.39. The van der Waals surface area contributed by atoms with E-state index in [0.717, 1.165) is 51.6 Å². The quantitative estimate of drug-likeness (QED) is 0.900. The Morgan fingerprint density at radius 2 is 1.88 bits per heavy atom. The van der Waals surface area contributed by atoms with Crippen molar-refractivity contribution in [1.82, 2.24) is 4.90 Å². The molecule has 1 aliphatic heterocycles. The first-order chi connectivity index (χ1) is 11.0. The lowest BCUT2D eigenvalue weighted by atomic mass is 9.76. The Labute approximate surface area is 152 Å². The smallest absolute Gasteiger partial charge is 0.233 e. The molecule has 0 aromatic heterocycles. The number of hydrogen-bond acceptors (Lipinski definition) is 2. The number of carbonyl (C=O) groups is 1. The van der Waals surface area contributed by atoms with Crippen LogP contribution in [0.2, 0.25) is 0 Å². The molecule has 1 unspecified atom stereocenters. The van der Waals surface area contributed by atoms with Gasteiger partial charge in [-0.3, -0.25) is 4.79 Å². The van der Waals surface area contributed by atoms with Crippen LogP contribution in [0.4, 0.5) is 0 Å². The highest BCUT2D eigenvalue weighted by Crippen LogP contribution is 2.43. The molecule has 1 heterocycles. The number of aryl methyl sites for hydroxylation is 1. The zero-order valence-electron chi connectivity index (χ0n) is 15.0. The SMILES string of the molecule is Cc1cccc(C2(C(=O)N3CCC(C(C)N)CC3)CCCC2)c1.Cl. The molecule has 3 rings (SSSR count). The van der Waals surface area contributed by atoms with Gasteiger partial charge in [-0.2, -0.15) is 0 Å². The van der Waals surface area contributed by atoms with Gasteiger partial charge in [0.1, 0.15) is 0 Å². The van der Waals surface area contributed by atoms with Crippen molar-refractivity contribution in [1.29, 1.82) is 0 Å². The number of piperidine rings is 1. The number of carbonyl (C=O) groups excluding carboxylic acids is 1. The third kappa shape index (κ3) is 3.62. The number of nitrogens with zero attached hydrogens (tertiary/aromatic N) is 1. The van der Waals surface area contributed by atoms with Crippen molar-refractivity contribution in [2.45, 2.75) is 63.8 Å². The van der Waals surface area contributed by atoms with Crippen LogP contribution in [0.15, 0.2) is 24.3 Å². The van der Waals surface area contributed by atoms with E-state index in [9.17, 15) is 4.79 Å². The second kappa shape index (κ2) is 7.88. The second-order valence-electron chi connectivity index (χ2n) is 7.65. The lowest BCUT2D eigenvalue weighted by molar-refractivity contribution is -0.138. The molecule has 4 heteroatoms. The van der Waals surface area contributed by atoms with Gasteiger partial charge in [-0.1, -0.05) is 42.7 Å². The zero-order valence-corrected chi connectivity index (χ0v) is 15.8. The molecule has 3 nitrogen and oxygen atoms in total. The summed E-state index contributed by atoms with van der Waals surface area (Å²) >= 11 is 0. The molecule has 2 fully saturated rings. The van der Waals surface area contributed by atoms with E-state index in [4.69, 9.17) is 5.73 Å². The van der Waals surface area contributed by atoms with Crippen molar-refractivity contribution < 1.29 is 4.79 Å². The third-order valence-corrected chi connectivity index (χ3v) is 6.01. The molecule has 1 saturated carbocycles. The van der Waals surface area contributed by atoms with Crippen LogP contribution in [0.25, 0.3) is 0 Å². The number of amides is 1. The van der Waals surface area contributed by atoms with Crippen LogP contribution in [0, 0.1) is 12.8 Å². The van der Waals surface area contributed by atoms with Crippen LogP contribution >= 0.6 is 12.4 Å². The van der Waals surface area contributed by atoms with E-state index >= 15 is 0 Å². The summed E-state index contributed by atoms with van der Waals surface area (Å²) in [5, 5.41) is 0. The summed E-state index contributed by atoms with van der Waals surface area (Å²) < 4.78 is 0. The van der Waals surface area contributed by atoms with Crippen LogP contribution in [-0.2, 0) is 10.2 Å². The van der Waals surface area contributed by atoms with Crippen LogP contribution in [0.3, 0.4) is 0 Å². The predicted molar refractivity (Wildman–Crippen MR) is 102 cm³/mol. The standard InChI is InChI=1S/C20H30N2O.ClH/c1-15-6-5-7-18(14-15)20(10-3-4-11-20)19(23)22-12-8-17(9-13-22)16(2)21;/h5-7,14,16-17H,3-4,8-13,21H2,1-2H3;1H. The second-order valence-corrected chi connectivity index (χ2v) is 7.65. The van der Waals surface area contributed by atoms with Gasteiger partial charge in [0.2, 0.25) is 5.91 Å². The van der Waals surface area contributed by atoms with E-state index < -0.39 is 0 Å². The molecule has 2 N–H and O–H groups in total. The first kappa shape index (κ1) is 19.3. The number of halogens is 1. The average molecular weight is 351 g/mol. The molecule has 1 amide bonds. The first-order valence-corrected chi connectivity index (χ1v) is 9.15. The number of hydrogen-bond donors (Lipinski definition) is 1. The van der Waals surface area contributed by atoms with Gasteiger partial charge in [0.25, 0.3) is 0 Å². The van der Waals surface area contributed by atoms with E-state index in [-0.39, 0.29) is 23.9 Å². The third-order valence-electron chi connectivity index (χ3n) is 6.01. The maximum absolute atomic E-state index is 13.4. The van der Waals surface area contributed by atoms with Gasteiger partial charge in [0.05, 0.1) is 5.41 Å². The van der Waals surface area contributed by atoms with Gasteiger partial charge in [0.15, 0.2) is 0 Å². The Balaban J connectivity index is 0.00000208. The van der Waals surface area contributed by atoms with Crippen LogP contribution in [0.5, 0.6) is 0 Å². The van der Waals surface area contributed by atoms with Crippen LogP contribution in [-0.4, -0.2) is 29.9 Å². The molecular weight excluding hydrogens is 320 g/mol. The Morgan fingerprint density at radius 3 is 2.42 bits per heavy atom. The molecule has 1 atom stereocenters. The van der Waals surface area contributed by atoms with Gasteiger partial charge in [-0.15, -0.1) is 12.4 Å². The minimum absolute atomic E-state index is 0. The van der Waals surface area contributed by atoms with E-state index in [1.165, 1.54) is 11.1 Å². The molecule has 24 heavy (non-hydrogen) atoms. The van der Waals surface area contributed by atoms with E-state index in [0.29, 0.717) is 11.8 Å². The minimum atomic E-state index is -0.271. The lowest BCUT2D eigenvalue weighted by Crippen LogP contribution is -2.50. The zero-order chi connectivity index (χ0) is 16.4. The fourth-order valence-corrected chi connectivity index (χ4v) is 4.48. The molecule has 2 aliphatic rings. The van der Waals surface area contributed by atoms with E-state index in [2.05, 4.69) is 43.0 Å².